The van der Waals surface area contributed by atoms with E-state index in [1.807, 2.05) is 24.3 Å². The number of hydrogen-bond acceptors (Lipinski definition) is 8. The normalized spacial score (nSPS) is 13.1. The lowest BCUT2D eigenvalue weighted by Gasteiger charge is -2.28. The Balaban J connectivity index is 0.000000470. The summed E-state index contributed by atoms with van der Waals surface area (Å²) in [5.74, 6) is -2.42. The van der Waals surface area contributed by atoms with E-state index in [-0.39, 0.29) is 11.6 Å². The van der Waals surface area contributed by atoms with Gasteiger partial charge in [0.2, 0.25) is 5.76 Å². The molecule has 0 amide bonds. The fraction of sp³-hybridized carbons (Fsp3) is 0.185. The zero-order valence-corrected chi connectivity index (χ0v) is 20.7. The summed E-state index contributed by atoms with van der Waals surface area (Å²) in [6.07, 6.45) is -3.42. The standard InChI is InChI=1S/C25H20FN5O2.C2HF3O2/c26-19-3-1-17(2-4-19)24-22(16-27)33-30-25(24)18-9-10-28-23(15-18)29-20-5-7-21(8-6-20)31-11-13-32-14-12-31;3-2(4,5)1(6)7/h1-10,15H,11-14H2,(H,28,29);(H,6,7). The summed E-state index contributed by atoms with van der Waals surface area (Å²) in [5.41, 5.74) is 4.43. The predicted molar refractivity (Wildman–Crippen MR) is 136 cm³/mol. The van der Waals surface area contributed by atoms with E-state index >= 15 is 0 Å². The fourth-order valence-corrected chi connectivity index (χ4v) is 3.82. The first-order valence-electron chi connectivity index (χ1n) is 11.8. The number of nitriles is 1. The van der Waals surface area contributed by atoms with Crippen LogP contribution in [0.1, 0.15) is 5.76 Å². The number of ether oxygens (including phenoxy) is 1. The molecule has 2 aromatic carbocycles. The van der Waals surface area contributed by atoms with E-state index in [9.17, 15) is 22.8 Å². The molecule has 3 heterocycles. The first kappa shape index (κ1) is 28.1. The molecule has 9 nitrogen and oxygen atoms in total. The Morgan fingerprint density at radius 3 is 2.27 bits per heavy atom. The van der Waals surface area contributed by atoms with Gasteiger partial charge in [0.15, 0.2) is 0 Å². The summed E-state index contributed by atoms with van der Waals surface area (Å²) in [6.45, 7) is 3.25. The maximum atomic E-state index is 13.4. The molecule has 0 bridgehead atoms. The minimum atomic E-state index is -5.08. The third-order valence-corrected chi connectivity index (χ3v) is 5.72. The van der Waals surface area contributed by atoms with Gasteiger partial charge in [-0.15, -0.1) is 0 Å². The second-order valence-electron chi connectivity index (χ2n) is 8.36. The van der Waals surface area contributed by atoms with Gasteiger partial charge in [0.1, 0.15) is 23.4 Å². The first-order chi connectivity index (χ1) is 19.2. The van der Waals surface area contributed by atoms with Gasteiger partial charge < -0.3 is 24.6 Å². The lowest BCUT2D eigenvalue weighted by Crippen LogP contribution is -2.36. The number of carboxylic acids is 1. The Labute approximate surface area is 225 Å². The molecule has 2 N–H and O–H groups in total. The van der Waals surface area contributed by atoms with E-state index in [1.165, 1.54) is 12.1 Å². The van der Waals surface area contributed by atoms with Crippen molar-refractivity contribution < 1.29 is 36.7 Å². The number of nitrogens with one attached hydrogen (secondary N) is 1. The highest BCUT2D eigenvalue weighted by Crippen LogP contribution is 2.35. The lowest BCUT2D eigenvalue weighted by molar-refractivity contribution is -0.192. The number of nitrogens with zero attached hydrogens (tertiary/aromatic N) is 4. The van der Waals surface area contributed by atoms with Gasteiger partial charge in [-0.05, 0) is 54.1 Å². The van der Waals surface area contributed by atoms with Crippen LogP contribution in [-0.4, -0.2) is 53.7 Å². The molecule has 4 aromatic rings. The third-order valence-electron chi connectivity index (χ3n) is 5.72. The smallest absolute Gasteiger partial charge is 0.475 e. The number of carboxylic acid groups (broad SMARTS) is 1. The maximum Gasteiger partial charge on any atom is 0.490 e. The molecule has 0 spiro atoms. The number of rotatable bonds is 5. The molecule has 40 heavy (non-hydrogen) atoms. The monoisotopic (exact) mass is 555 g/mol. The molecular weight excluding hydrogens is 534 g/mol. The van der Waals surface area contributed by atoms with Crippen LogP contribution >= 0.6 is 0 Å². The Morgan fingerprint density at radius 2 is 1.68 bits per heavy atom. The number of aromatic nitrogens is 2. The lowest BCUT2D eigenvalue weighted by atomic mass is 10.00. The second kappa shape index (κ2) is 12.3. The predicted octanol–water partition coefficient (Wildman–Crippen LogP) is 5.63. The molecule has 0 saturated carbocycles. The number of pyridine rings is 1. The summed E-state index contributed by atoms with van der Waals surface area (Å²) in [5, 5.41) is 24.0. The van der Waals surface area contributed by atoms with Crippen LogP contribution in [0.4, 0.5) is 34.8 Å². The molecule has 1 saturated heterocycles. The van der Waals surface area contributed by atoms with Gasteiger partial charge in [-0.3, -0.25) is 0 Å². The van der Waals surface area contributed by atoms with Crippen molar-refractivity contribution >= 4 is 23.2 Å². The number of hydrogen-bond donors (Lipinski definition) is 2. The van der Waals surface area contributed by atoms with Gasteiger partial charge in [0, 0.05) is 36.2 Å². The van der Waals surface area contributed by atoms with Crippen LogP contribution in [0.5, 0.6) is 0 Å². The molecule has 1 fully saturated rings. The summed E-state index contributed by atoms with van der Waals surface area (Å²) in [4.78, 5) is 15.6. The number of benzene rings is 2. The van der Waals surface area contributed by atoms with Crippen molar-refractivity contribution in [1.82, 2.24) is 10.1 Å². The maximum absolute atomic E-state index is 13.4. The fourth-order valence-electron chi connectivity index (χ4n) is 3.82. The Morgan fingerprint density at radius 1 is 1.02 bits per heavy atom. The van der Waals surface area contributed by atoms with Crippen molar-refractivity contribution in [2.24, 2.45) is 0 Å². The largest absolute Gasteiger partial charge is 0.490 e. The molecule has 2 aromatic heterocycles. The van der Waals surface area contributed by atoms with E-state index < -0.39 is 12.1 Å². The third kappa shape index (κ3) is 6.91. The number of aliphatic carboxylic acids is 1. The molecule has 206 valence electrons. The minimum Gasteiger partial charge on any atom is -0.475 e. The van der Waals surface area contributed by atoms with Gasteiger partial charge in [0.25, 0.3) is 0 Å². The number of alkyl halides is 3. The second-order valence-corrected chi connectivity index (χ2v) is 8.36. The van der Waals surface area contributed by atoms with E-state index in [2.05, 4.69) is 32.5 Å². The molecule has 13 heteroatoms. The highest BCUT2D eigenvalue weighted by molar-refractivity contribution is 5.84. The van der Waals surface area contributed by atoms with Gasteiger partial charge in [-0.1, -0.05) is 17.3 Å². The average molecular weight is 555 g/mol. The Hall–Kier alpha value is -4.96. The molecule has 1 aliphatic rings. The molecule has 0 radical (unpaired) electrons. The van der Waals surface area contributed by atoms with Gasteiger partial charge in [-0.2, -0.15) is 18.4 Å². The van der Waals surface area contributed by atoms with Crippen molar-refractivity contribution in [3.63, 3.8) is 0 Å². The Kier molecular flexibility index (Phi) is 8.60. The SMILES string of the molecule is N#Cc1onc(-c2ccnc(Nc3ccc(N4CCOCC4)cc3)c2)c1-c1ccc(F)cc1.O=C(O)C(F)(F)F. The van der Waals surface area contributed by atoms with Gasteiger partial charge in [-0.25, -0.2) is 14.2 Å². The summed E-state index contributed by atoms with van der Waals surface area (Å²) < 4.78 is 55.8. The first-order valence-corrected chi connectivity index (χ1v) is 11.8. The number of anilines is 3. The summed E-state index contributed by atoms with van der Waals surface area (Å²) >= 11 is 0. The van der Waals surface area contributed by atoms with Crippen LogP contribution < -0.4 is 10.2 Å². The van der Waals surface area contributed by atoms with Gasteiger partial charge in [0.05, 0.1) is 18.8 Å². The van der Waals surface area contributed by atoms with E-state index in [4.69, 9.17) is 19.2 Å². The highest BCUT2D eigenvalue weighted by Gasteiger charge is 2.38. The Bertz CT molecular complexity index is 1490. The topological polar surface area (TPSA) is 125 Å². The van der Waals surface area contributed by atoms with E-state index in [1.54, 1.807) is 24.4 Å². The highest BCUT2D eigenvalue weighted by atomic mass is 19.4. The van der Waals surface area contributed by atoms with E-state index in [0.717, 1.165) is 43.2 Å². The van der Waals surface area contributed by atoms with Crippen molar-refractivity contribution in [2.75, 3.05) is 36.5 Å². The zero-order valence-electron chi connectivity index (χ0n) is 20.7. The zero-order chi connectivity index (χ0) is 28.7. The molecule has 0 aliphatic carbocycles. The molecule has 5 rings (SSSR count). The van der Waals surface area contributed by atoms with Crippen LogP contribution in [0, 0.1) is 17.1 Å². The van der Waals surface area contributed by atoms with Crippen molar-refractivity contribution in [1.29, 1.82) is 5.26 Å². The van der Waals surface area contributed by atoms with Crippen LogP contribution in [0.15, 0.2) is 71.4 Å². The van der Waals surface area contributed by atoms with Crippen molar-refractivity contribution in [3.05, 3.63) is 78.4 Å². The summed E-state index contributed by atoms with van der Waals surface area (Å²) in [6, 6.07) is 19.7. The number of carbonyl (C=O) groups is 1. The van der Waals surface area contributed by atoms with Crippen molar-refractivity contribution in [3.8, 4) is 28.5 Å². The van der Waals surface area contributed by atoms with Gasteiger partial charge >= 0.3 is 12.1 Å². The van der Waals surface area contributed by atoms with E-state index in [0.29, 0.717) is 22.6 Å². The van der Waals surface area contributed by atoms with Crippen LogP contribution in [0.2, 0.25) is 0 Å². The average Bonchev–Trinajstić information content (AvgIpc) is 3.39. The quantitative estimate of drug-likeness (QED) is 0.302. The van der Waals surface area contributed by atoms with Crippen LogP contribution in [-0.2, 0) is 9.53 Å². The molecule has 0 unspecified atom stereocenters. The van der Waals surface area contributed by atoms with Crippen LogP contribution in [0.25, 0.3) is 22.4 Å². The number of halogens is 4. The molecule has 0 atom stereocenters. The number of morpholine rings is 1. The van der Waals surface area contributed by atoms with Crippen LogP contribution in [0.3, 0.4) is 0 Å². The molecular formula is C27H21F4N5O4. The molecule has 1 aliphatic heterocycles. The van der Waals surface area contributed by atoms with Crippen molar-refractivity contribution in [2.45, 2.75) is 6.18 Å². The summed E-state index contributed by atoms with van der Waals surface area (Å²) in [7, 11) is 0. The minimum absolute atomic E-state index is 0.0710.